The summed E-state index contributed by atoms with van der Waals surface area (Å²) in [7, 11) is -2.72. The summed E-state index contributed by atoms with van der Waals surface area (Å²) in [6.07, 6.45) is 0. The lowest BCUT2D eigenvalue weighted by Gasteiger charge is -2.26. The largest absolute Gasteiger partial charge is 0.465 e. The Bertz CT molecular complexity index is 1270. The first-order valence-corrected chi connectivity index (χ1v) is 11.7. The Hall–Kier alpha value is -3.65. The lowest BCUT2D eigenvalue weighted by Crippen LogP contribution is -2.38. The van der Waals surface area contributed by atoms with E-state index in [4.69, 9.17) is 0 Å². The molecule has 8 heteroatoms. The van der Waals surface area contributed by atoms with Crippen LogP contribution in [0.15, 0.2) is 71.6 Å². The zero-order valence-electron chi connectivity index (χ0n) is 19.0. The van der Waals surface area contributed by atoms with Crippen molar-refractivity contribution in [2.45, 2.75) is 25.7 Å². The van der Waals surface area contributed by atoms with Crippen molar-refractivity contribution in [3.05, 3.63) is 89.0 Å². The number of esters is 1. The van der Waals surface area contributed by atoms with E-state index in [1.807, 2.05) is 26.8 Å². The van der Waals surface area contributed by atoms with Gasteiger partial charge in [0.1, 0.15) is 6.54 Å². The molecule has 0 saturated heterocycles. The van der Waals surface area contributed by atoms with E-state index in [1.54, 1.807) is 36.4 Å². The highest BCUT2D eigenvalue weighted by Crippen LogP contribution is 2.28. The fraction of sp³-hybridized carbons (Fsp3) is 0.200. The van der Waals surface area contributed by atoms with E-state index in [0.717, 1.165) is 21.0 Å². The first-order chi connectivity index (χ1) is 15.6. The van der Waals surface area contributed by atoms with Gasteiger partial charge in [0, 0.05) is 5.69 Å². The van der Waals surface area contributed by atoms with E-state index >= 15 is 0 Å². The van der Waals surface area contributed by atoms with Gasteiger partial charge in [-0.3, -0.25) is 9.10 Å². The maximum atomic E-state index is 13.5. The Balaban J connectivity index is 1.93. The van der Waals surface area contributed by atoms with Gasteiger partial charge in [-0.05, 0) is 74.4 Å². The van der Waals surface area contributed by atoms with Crippen LogP contribution in [0.4, 0.5) is 11.4 Å². The third kappa shape index (κ3) is 5.40. The maximum absolute atomic E-state index is 13.5. The maximum Gasteiger partial charge on any atom is 0.337 e. The monoisotopic (exact) mass is 466 g/mol. The van der Waals surface area contributed by atoms with Crippen molar-refractivity contribution in [1.29, 1.82) is 0 Å². The van der Waals surface area contributed by atoms with Crippen LogP contribution in [0, 0.1) is 20.8 Å². The zero-order chi connectivity index (χ0) is 24.2. The predicted octanol–water partition coefficient (Wildman–Crippen LogP) is 4.23. The normalized spacial score (nSPS) is 11.0. The molecule has 0 aromatic heterocycles. The number of aryl methyl sites for hydroxylation is 2. The lowest BCUT2D eigenvalue weighted by molar-refractivity contribution is -0.114. The number of nitrogens with zero attached hydrogens (tertiary/aromatic N) is 1. The van der Waals surface area contributed by atoms with Crippen LogP contribution in [0.3, 0.4) is 0 Å². The summed E-state index contributed by atoms with van der Waals surface area (Å²) in [5.74, 6) is -1.00. The molecular formula is C25H26N2O5S. The Labute approximate surface area is 194 Å². The number of sulfonamides is 1. The van der Waals surface area contributed by atoms with Crippen molar-refractivity contribution >= 4 is 33.3 Å². The number of ether oxygens (including phenoxy) is 1. The third-order valence-electron chi connectivity index (χ3n) is 5.33. The summed E-state index contributed by atoms with van der Waals surface area (Å²) in [5.41, 5.74) is 3.82. The van der Waals surface area contributed by atoms with Crippen LogP contribution < -0.4 is 9.62 Å². The Morgan fingerprint density at radius 1 is 0.909 bits per heavy atom. The molecule has 0 aliphatic rings. The van der Waals surface area contributed by atoms with E-state index in [-0.39, 0.29) is 4.90 Å². The van der Waals surface area contributed by atoms with Gasteiger partial charge >= 0.3 is 5.97 Å². The first kappa shape index (κ1) is 24.0. The van der Waals surface area contributed by atoms with Crippen LogP contribution in [-0.4, -0.2) is 33.9 Å². The molecule has 0 aliphatic carbocycles. The molecule has 0 unspecified atom stereocenters. The third-order valence-corrected chi connectivity index (χ3v) is 7.10. The van der Waals surface area contributed by atoms with Crippen LogP contribution in [0.25, 0.3) is 0 Å². The molecule has 0 fully saturated rings. The molecule has 0 aliphatic heterocycles. The van der Waals surface area contributed by atoms with Crippen LogP contribution in [0.2, 0.25) is 0 Å². The molecule has 0 spiro atoms. The quantitative estimate of drug-likeness (QED) is 0.526. The van der Waals surface area contributed by atoms with Crippen LogP contribution >= 0.6 is 0 Å². The van der Waals surface area contributed by atoms with Gasteiger partial charge < -0.3 is 10.1 Å². The van der Waals surface area contributed by atoms with Crippen molar-refractivity contribution < 1.29 is 22.7 Å². The highest BCUT2D eigenvalue weighted by molar-refractivity contribution is 7.92. The minimum absolute atomic E-state index is 0.101. The zero-order valence-corrected chi connectivity index (χ0v) is 19.8. The summed E-state index contributed by atoms with van der Waals surface area (Å²) in [6.45, 7) is 5.17. The second-order valence-electron chi connectivity index (χ2n) is 7.66. The molecular weight excluding hydrogens is 440 g/mol. The summed E-state index contributed by atoms with van der Waals surface area (Å²) < 4.78 is 32.9. The number of methoxy groups -OCH3 is 1. The van der Waals surface area contributed by atoms with Crippen molar-refractivity contribution in [3.8, 4) is 0 Å². The van der Waals surface area contributed by atoms with E-state index in [1.165, 1.54) is 31.4 Å². The minimum atomic E-state index is -4.01. The fourth-order valence-corrected chi connectivity index (χ4v) is 4.76. The molecule has 0 heterocycles. The average Bonchev–Trinajstić information content (AvgIpc) is 2.79. The van der Waals surface area contributed by atoms with Crippen molar-refractivity contribution in [1.82, 2.24) is 0 Å². The molecule has 0 radical (unpaired) electrons. The molecule has 0 atom stereocenters. The van der Waals surface area contributed by atoms with E-state index in [9.17, 15) is 18.0 Å². The van der Waals surface area contributed by atoms with Crippen molar-refractivity contribution in [2.24, 2.45) is 0 Å². The van der Waals surface area contributed by atoms with E-state index in [2.05, 4.69) is 10.1 Å². The van der Waals surface area contributed by atoms with Crippen molar-refractivity contribution in [3.63, 3.8) is 0 Å². The predicted molar refractivity (Wildman–Crippen MR) is 128 cm³/mol. The highest BCUT2D eigenvalue weighted by atomic mass is 32.2. The second kappa shape index (κ2) is 9.87. The summed E-state index contributed by atoms with van der Waals surface area (Å²) in [6, 6.07) is 18.0. The Morgan fingerprint density at radius 2 is 1.55 bits per heavy atom. The number of nitrogens with one attached hydrogen (secondary N) is 1. The molecule has 7 nitrogen and oxygen atoms in total. The van der Waals surface area contributed by atoms with Gasteiger partial charge in [-0.1, -0.05) is 29.8 Å². The number of rotatable bonds is 7. The van der Waals surface area contributed by atoms with Gasteiger partial charge in [0.15, 0.2) is 0 Å². The number of hydrogen-bond donors (Lipinski definition) is 1. The standard InChI is InChI=1S/C25H26N2O5S/c1-17-8-14-22(15-9-17)33(30,31)27(23-7-5-6-18(2)19(23)3)16-24(28)26-21-12-10-20(11-13-21)25(29)32-4/h5-15H,16H2,1-4H3,(H,26,28). The molecule has 0 bridgehead atoms. The van der Waals surface area contributed by atoms with Gasteiger partial charge in [0.25, 0.3) is 10.0 Å². The molecule has 3 aromatic rings. The van der Waals surface area contributed by atoms with E-state index in [0.29, 0.717) is 16.9 Å². The highest BCUT2D eigenvalue weighted by Gasteiger charge is 2.28. The SMILES string of the molecule is COC(=O)c1ccc(NC(=O)CN(c2cccc(C)c2C)S(=O)(=O)c2ccc(C)cc2)cc1. The molecule has 3 aromatic carbocycles. The second-order valence-corrected chi connectivity index (χ2v) is 9.52. The topological polar surface area (TPSA) is 92.8 Å². The Morgan fingerprint density at radius 3 is 2.15 bits per heavy atom. The van der Waals surface area contributed by atoms with Crippen LogP contribution in [0.1, 0.15) is 27.0 Å². The number of hydrogen-bond acceptors (Lipinski definition) is 5. The van der Waals surface area contributed by atoms with Gasteiger partial charge in [0.05, 0.1) is 23.3 Å². The van der Waals surface area contributed by atoms with Gasteiger partial charge in [-0.25, -0.2) is 13.2 Å². The van der Waals surface area contributed by atoms with E-state index < -0.39 is 28.4 Å². The number of anilines is 2. The number of amides is 1. The summed E-state index contributed by atoms with van der Waals surface area (Å²) in [4.78, 5) is 24.6. The summed E-state index contributed by atoms with van der Waals surface area (Å²) in [5, 5.41) is 2.70. The fourth-order valence-electron chi connectivity index (χ4n) is 3.28. The molecule has 172 valence electrons. The summed E-state index contributed by atoms with van der Waals surface area (Å²) >= 11 is 0. The van der Waals surface area contributed by atoms with Crippen LogP contribution in [-0.2, 0) is 19.6 Å². The molecule has 1 amide bonds. The molecule has 3 rings (SSSR count). The molecule has 33 heavy (non-hydrogen) atoms. The Kier molecular flexibility index (Phi) is 7.18. The van der Waals surface area contributed by atoms with Gasteiger partial charge in [-0.15, -0.1) is 0 Å². The first-order valence-electron chi connectivity index (χ1n) is 10.3. The number of carbonyl (C=O) groups is 2. The number of carbonyl (C=O) groups excluding carboxylic acids is 2. The van der Waals surface area contributed by atoms with Gasteiger partial charge in [-0.2, -0.15) is 0 Å². The van der Waals surface area contributed by atoms with Crippen molar-refractivity contribution in [2.75, 3.05) is 23.3 Å². The number of benzene rings is 3. The molecule has 0 saturated carbocycles. The molecule has 1 N–H and O–H groups in total. The lowest BCUT2D eigenvalue weighted by atomic mass is 10.1. The van der Waals surface area contributed by atoms with Crippen LogP contribution in [0.5, 0.6) is 0 Å². The van der Waals surface area contributed by atoms with Gasteiger partial charge in [0.2, 0.25) is 5.91 Å². The minimum Gasteiger partial charge on any atom is -0.465 e. The smallest absolute Gasteiger partial charge is 0.337 e. The average molecular weight is 467 g/mol.